The van der Waals surface area contributed by atoms with E-state index in [1.165, 1.54) is 164 Å². The van der Waals surface area contributed by atoms with Gasteiger partial charge in [-0.05, 0) is 275 Å². The molecule has 0 spiro atoms. The monoisotopic (exact) mass is 1900 g/mol. The highest BCUT2D eigenvalue weighted by Crippen LogP contribution is 2.46. The number of cyclic esters (lactones) is 4. The molecule has 700 valence electrons. The second-order valence-electron chi connectivity index (χ2n) is 38.2. The Balaban J connectivity index is 0.0000000871. The standard InChI is InChI=1S/C18H10O2.C17H11N.C17H10O.C17H12.C16H9NO2.C16H16.C15H15NO2.C14H4O6/c19-16-9-10-17(20)18-14-6-5-11-3-1-2-4-12(11)13(14)7-8-15(16)18;1-3-7-15-12(5-1)9-10-14-11-13-6-2-4-8-16(13)18-17(14)15;18-17-14-8-2-1-7-12(14)13-9-3-5-11-6-4-10-15(17)16(11)13;1-2-9-15-13(5-1)11-14-8-3-6-12-7-4-10-16(15)17(12)14;18-14-8-12-9-4-1-2-5-10(9)16(19)11-6-3-7-13(17-14)15(11)12;1-3-11-7-9-13-5-2-6-14-10-8-12(4-1)15(11)16(13)14;17-13-6-5-11-9-10-3-1-7-16-8-2-4-12(14(10)16)15(11)18-13;15-11-5-1-2-6-10-8(14(18)20-12(6)16)4-3-7(9(5)10)13(17)19-11/h1-10H;1-11H;1-10H;1-6,8-11H,7H2;1-8H,(H,17,18);7-10H,1-6H2;5-6,9H,1-4,7-8H2;1-4H. The largest absolute Gasteiger partial charge is 0.422 e. The van der Waals surface area contributed by atoms with Gasteiger partial charge in [-0.3, -0.25) is 24.0 Å². The van der Waals surface area contributed by atoms with Gasteiger partial charge in [0.25, 0.3) is 0 Å². The molecule has 22 aromatic rings. The Morgan fingerprint density at radius 2 is 0.767 bits per heavy atom. The molecule has 0 saturated heterocycles. The third-order valence-electron chi connectivity index (χ3n) is 29.9. The van der Waals surface area contributed by atoms with Crippen molar-refractivity contribution >= 4 is 189 Å². The van der Waals surface area contributed by atoms with E-state index in [2.05, 4.69) is 189 Å². The van der Waals surface area contributed by atoms with Crippen molar-refractivity contribution in [3.63, 3.8) is 0 Å². The lowest BCUT2D eigenvalue weighted by molar-refractivity contribution is 0.0366. The van der Waals surface area contributed by atoms with Crippen molar-refractivity contribution in [3.05, 3.63) is 479 Å². The smallest absolute Gasteiger partial charge is 0.346 e. The minimum atomic E-state index is -0.794. The molecule has 0 unspecified atom stereocenters. The molecule has 146 heavy (non-hydrogen) atoms. The number of carbonyl (C=O) groups is 8. The van der Waals surface area contributed by atoms with Crippen LogP contribution in [0, 0.1) is 0 Å². The van der Waals surface area contributed by atoms with E-state index < -0.39 is 23.9 Å². The SMILES string of the molecule is C1=Cc2c3ccccc3cc3cccc(c23)C1.O=C1C=CC(=O)c2c1ccc1c2ccc2ccccc21.O=C1OC(=O)c2ccc3c4c(ccc1c24)C(=O)OC3=O.O=C1c2ccccc2-c2cc(=O)[nH]c3cccc1c23.O=C1c2ccccc2-c2cccc3cccc1c23.O=c1ccc2cc3c4c(c2o1)CCCN4CCC3.c1cc2c3c(ccc4c3c1CCC4)CCC2.c1ccc2nc3c(ccc4ccccc43)cc2c1. The summed E-state index contributed by atoms with van der Waals surface area (Å²) in [4.78, 5) is 129. The predicted molar refractivity (Wildman–Crippen MR) is 579 cm³/mol. The van der Waals surface area contributed by atoms with Gasteiger partial charge in [0.2, 0.25) is 5.56 Å². The number of nitrogens with zero attached hydrogens (tertiary/aromatic N) is 2. The Hall–Kier alpha value is -18.4. The van der Waals surface area contributed by atoms with Gasteiger partial charge in [-0.25, -0.2) is 29.0 Å². The van der Waals surface area contributed by atoms with E-state index in [9.17, 15) is 47.9 Å². The number of ether oxygens (including phenoxy) is 2. The Morgan fingerprint density at radius 1 is 0.281 bits per heavy atom. The van der Waals surface area contributed by atoms with Gasteiger partial charge in [0.1, 0.15) is 5.58 Å². The van der Waals surface area contributed by atoms with Crippen LogP contribution in [0.1, 0.15) is 164 Å². The first-order valence-electron chi connectivity index (χ1n) is 49.5. The van der Waals surface area contributed by atoms with Crippen molar-refractivity contribution in [2.75, 3.05) is 18.0 Å². The fourth-order valence-corrected chi connectivity index (χ4v) is 23.4. The van der Waals surface area contributed by atoms with E-state index in [0.717, 1.165) is 126 Å². The lowest BCUT2D eigenvalue weighted by Crippen LogP contribution is -2.34. The first kappa shape index (κ1) is 89.0. The van der Waals surface area contributed by atoms with Crippen LogP contribution in [0.25, 0.3) is 158 Å². The average Bonchev–Trinajstić information content (AvgIpc) is 0.720. The van der Waals surface area contributed by atoms with Gasteiger partial charge in [-0.2, -0.15) is 0 Å². The summed E-state index contributed by atoms with van der Waals surface area (Å²) >= 11 is 0. The quantitative estimate of drug-likeness (QED) is 0.0489. The molecule has 1 N–H and O–H groups in total. The van der Waals surface area contributed by atoms with Crippen LogP contribution in [0.3, 0.4) is 0 Å². The molecule has 0 bridgehead atoms. The molecular weight excluding hydrogens is 1810 g/mol. The van der Waals surface area contributed by atoms with E-state index in [-0.39, 0.29) is 67.3 Å². The zero-order valence-electron chi connectivity index (χ0n) is 79.0. The van der Waals surface area contributed by atoms with Gasteiger partial charge < -0.3 is 23.8 Å². The number of hydrogen-bond donors (Lipinski definition) is 1. The number of ketones is 4. The lowest BCUT2D eigenvalue weighted by atomic mass is 9.81. The van der Waals surface area contributed by atoms with Crippen LogP contribution in [0.5, 0.6) is 0 Å². The lowest BCUT2D eigenvalue weighted by Gasteiger charge is -2.37. The molecule has 0 amide bonds. The average molecular weight is 1900 g/mol. The molecule has 4 aliphatic heterocycles. The summed E-state index contributed by atoms with van der Waals surface area (Å²) < 4.78 is 14.7. The molecule has 3 aromatic heterocycles. The van der Waals surface area contributed by atoms with E-state index in [0.29, 0.717) is 27.8 Å². The summed E-state index contributed by atoms with van der Waals surface area (Å²) in [5, 5.41) is 22.4. The van der Waals surface area contributed by atoms with E-state index in [1.54, 1.807) is 57.3 Å². The minimum Gasteiger partial charge on any atom is -0.422 e. The van der Waals surface area contributed by atoms with Crippen molar-refractivity contribution in [1.82, 2.24) is 9.97 Å². The first-order chi connectivity index (χ1) is 71.6. The summed E-state index contributed by atoms with van der Waals surface area (Å²) in [6.07, 6.45) is 20.7. The second kappa shape index (κ2) is 36.6. The van der Waals surface area contributed by atoms with Crippen LogP contribution < -0.4 is 16.1 Å². The van der Waals surface area contributed by atoms with Gasteiger partial charge >= 0.3 is 29.5 Å². The summed E-state index contributed by atoms with van der Waals surface area (Å²) in [7, 11) is 0. The summed E-state index contributed by atoms with van der Waals surface area (Å²) in [5.74, 6) is -3.23. The van der Waals surface area contributed by atoms with E-state index in [4.69, 9.17) is 9.40 Å². The van der Waals surface area contributed by atoms with Crippen LogP contribution in [-0.2, 0) is 54.4 Å². The van der Waals surface area contributed by atoms with E-state index >= 15 is 0 Å². The van der Waals surface area contributed by atoms with Crippen molar-refractivity contribution in [2.24, 2.45) is 0 Å². The van der Waals surface area contributed by atoms with Gasteiger partial charge in [0, 0.05) is 118 Å². The van der Waals surface area contributed by atoms with Crippen LogP contribution in [0.4, 0.5) is 5.69 Å². The zero-order chi connectivity index (χ0) is 98.6. The molecule has 10 aliphatic rings. The number of carbonyl (C=O) groups excluding carboxylic acids is 8. The van der Waals surface area contributed by atoms with Crippen molar-refractivity contribution in [1.29, 1.82) is 0 Å². The maximum Gasteiger partial charge on any atom is 0.346 e. The maximum atomic E-state index is 12.5. The number of benzene rings is 19. The fraction of sp³-hybridized carbons (Fsp3) is 0.100. The van der Waals surface area contributed by atoms with Crippen LogP contribution in [0.15, 0.2) is 372 Å². The highest BCUT2D eigenvalue weighted by molar-refractivity contribution is 6.32. The number of para-hydroxylation sites is 1. The van der Waals surface area contributed by atoms with E-state index in [1.807, 2.05) is 127 Å². The number of H-pyrrole nitrogens is 1. The van der Waals surface area contributed by atoms with Crippen LogP contribution >= 0.6 is 0 Å². The predicted octanol–water partition coefficient (Wildman–Crippen LogP) is 27.6. The Bertz CT molecular complexity index is 9500. The molecule has 0 atom stereocenters. The number of anilines is 1. The normalized spacial score (nSPS) is 14.4. The highest BCUT2D eigenvalue weighted by Gasteiger charge is 2.37. The molecular formula is C130H87N3O13. The van der Waals surface area contributed by atoms with Crippen molar-refractivity contribution in [2.45, 2.75) is 70.6 Å². The van der Waals surface area contributed by atoms with Crippen LogP contribution in [0.2, 0.25) is 0 Å². The third-order valence-corrected chi connectivity index (χ3v) is 29.9. The van der Waals surface area contributed by atoms with Gasteiger partial charge in [0.15, 0.2) is 23.1 Å². The number of esters is 4. The number of allylic oxidation sites excluding steroid dienone is 3. The van der Waals surface area contributed by atoms with Crippen molar-refractivity contribution in [3.8, 4) is 22.3 Å². The highest BCUT2D eigenvalue weighted by atomic mass is 16.6. The molecule has 16 nitrogen and oxygen atoms in total. The summed E-state index contributed by atoms with van der Waals surface area (Å²) in [6.45, 7) is 2.28. The Kier molecular flexibility index (Phi) is 22.3. The number of aromatic nitrogens is 2. The van der Waals surface area contributed by atoms with Crippen molar-refractivity contribution < 1.29 is 52.2 Å². The number of nitrogens with one attached hydrogen (secondary N) is 1. The summed E-state index contributed by atoms with van der Waals surface area (Å²) in [5.41, 5.74) is 25.0. The third kappa shape index (κ3) is 15.5. The van der Waals surface area contributed by atoms with Gasteiger partial charge in [0.05, 0.1) is 33.3 Å². The minimum absolute atomic E-state index is 0.0146. The topological polar surface area (TPSA) is 234 Å². The maximum absolute atomic E-state index is 12.5. The Labute approximate surface area is 835 Å². The number of hydrogen-bond acceptors (Lipinski definition) is 15. The van der Waals surface area contributed by atoms with Crippen LogP contribution in [-0.4, -0.2) is 70.1 Å². The molecule has 0 fully saturated rings. The molecule has 19 aromatic carbocycles. The first-order valence-corrected chi connectivity index (χ1v) is 49.5. The van der Waals surface area contributed by atoms with Gasteiger partial charge in [-0.1, -0.05) is 273 Å². The molecule has 7 heterocycles. The molecule has 6 aliphatic carbocycles. The number of aromatic amines is 1. The number of pyridine rings is 2. The Morgan fingerprint density at radius 3 is 1.43 bits per heavy atom. The number of fused-ring (bicyclic) bond motifs is 17. The molecule has 0 radical (unpaired) electrons. The fourth-order valence-electron chi connectivity index (χ4n) is 23.4. The summed E-state index contributed by atoms with van der Waals surface area (Å²) in [6, 6.07) is 111. The van der Waals surface area contributed by atoms with Gasteiger partial charge in [-0.15, -0.1) is 0 Å². The molecule has 32 rings (SSSR count). The number of aryl methyl sites for hydroxylation is 6. The zero-order valence-corrected chi connectivity index (χ0v) is 79.0. The molecule has 0 saturated carbocycles. The number of rotatable bonds is 0. The second-order valence-corrected chi connectivity index (χ2v) is 38.2. The molecule has 16 heteroatoms.